The molecule has 22 heavy (non-hydrogen) atoms. The van der Waals surface area contributed by atoms with Crippen molar-refractivity contribution in [2.75, 3.05) is 6.54 Å². The number of carbonyl (C=O) groups is 2. The van der Waals surface area contributed by atoms with E-state index in [4.69, 9.17) is 4.74 Å². The number of amides is 1. The zero-order chi connectivity index (χ0) is 16.8. The fourth-order valence-electron chi connectivity index (χ4n) is 1.79. The summed E-state index contributed by atoms with van der Waals surface area (Å²) in [5, 5.41) is 2.66. The lowest BCUT2D eigenvalue weighted by atomic mass is 10.1. The molecule has 0 aromatic carbocycles. The van der Waals surface area contributed by atoms with Crippen molar-refractivity contribution in [3.05, 3.63) is 24.3 Å². The number of hydrogen-bond donors (Lipinski definition) is 1. The summed E-state index contributed by atoms with van der Waals surface area (Å²) in [6.45, 7) is 7.94. The van der Waals surface area contributed by atoms with Crippen LogP contribution in [0.4, 0.5) is 4.79 Å². The van der Waals surface area contributed by atoms with Crippen molar-refractivity contribution in [2.24, 2.45) is 0 Å². The van der Waals surface area contributed by atoms with Gasteiger partial charge in [-0.2, -0.15) is 0 Å². The van der Waals surface area contributed by atoms with Gasteiger partial charge in [0.05, 0.1) is 0 Å². The number of Topliss-reactive ketones (excluding diaryl/α,β-unsaturated/α-hetero) is 1. The van der Waals surface area contributed by atoms with E-state index in [1.807, 2.05) is 45.9 Å². The van der Waals surface area contributed by atoms with Gasteiger partial charge in [-0.3, -0.25) is 4.79 Å². The molecule has 0 spiro atoms. The zero-order valence-corrected chi connectivity index (χ0v) is 14.5. The third-order valence-corrected chi connectivity index (χ3v) is 2.82. The minimum atomic E-state index is -0.485. The largest absolute Gasteiger partial charge is 0.444 e. The minimum Gasteiger partial charge on any atom is -0.444 e. The SMILES string of the molecule is C/C=C/C=C/CCCCC(=O)CCCNC(=O)OC(C)(C)C. The monoisotopic (exact) mass is 309 g/mol. The van der Waals surface area contributed by atoms with Gasteiger partial charge in [-0.25, -0.2) is 4.79 Å². The van der Waals surface area contributed by atoms with Gasteiger partial charge in [-0.15, -0.1) is 0 Å². The second-order valence-corrected chi connectivity index (χ2v) is 6.27. The Morgan fingerprint density at radius 1 is 1.05 bits per heavy atom. The molecule has 0 aliphatic heterocycles. The summed E-state index contributed by atoms with van der Waals surface area (Å²) < 4.78 is 5.12. The summed E-state index contributed by atoms with van der Waals surface area (Å²) >= 11 is 0. The number of ketones is 1. The van der Waals surface area contributed by atoms with Crippen LogP contribution in [0, 0.1) is 0 Å². The fraction of sp³-hybridized carbons (Fsp3) is 0.667. The van der Waals surface area contributed by atoms with Crippen molar-refractivity contribution in [3.8, 4) is 0 Å². The number of alkyl carbamates (subject to hydrolysis) is 1. The molecule has 0 aliphatic rings. The summed E-state index contributed by atoms with van der Waals surface area (Å²) in [7, 11) is 0. The van der Waals surface area contributed by atoms with Crippen LogP contribution in [-0.4, -0.2) is 24.0 Å². The highest BCUT2D eigenvalue weighted by Crippen LogP contribution is 2.07. The Labute approximate surface area is 135 Å². The Kier molecular flexibility index (Phi) is 11.2. The van der Waals surface area contributed by atoms with Crippen LogP contribution in [0.3, 0.4) is 0 Å². The van der Waals surface area contributed by atoms with Crippen molar-refractivity contribution in [3.63, 3.8) is 0 Å². The van der Waals surface area contributed by atoms with Gasteiger partial charge in [-0.1, -0.05) is 24.3 Å². The molecule has 0 aliphatic carbocycles. The summed E-state index contributed by atoms with van der Waals surface area (Å²) in [6, 6.07) is 0. The van der Waals surface area contributed by atoms with E-state index in [2.05, 4.69) is 11.4 Å². The lowest BCUT2D eigenvalue weighted by molar-refractivity contribution is -0.119. The average molecular weight is 309 g/mol. The highest BCUT2D eigenvalue weighted by molar-refractivity contribution is 5.78. The summed E-state index contributed by atoms with van der Waals surface area (Å²) in [5.41, 5.74) is -0.485. The van der Waals surface area contributed by atoms with Gasteiger partial charge in [0.2, 0.25) is 0 Å². The maximum absolute atomic E-state index is 11.7. The van der Waals surface area contributed by atoms with E-state index in [9.17, 15) is 9.59 Å². The first-order chi connectivity index (χ1) is 10.3. The molecule has 0 aromatic rings. The van der Waals surface area contributed by atoms with Gasteiger partial charge in [0.15, 0.2) is 0 Å². The van der Waals surface area contributed by atoms with Crippen molar-refractivity contribution < 1.29 is 14.3 Å². The second-order valence-electron chi connectivity index (χ2n) is 6.27. The van der Waals surface area contributed by atoms with E-state index in [-0.39, 0.29) is 5.78 Å². The maximum Gasteiger partial charge on any atom is 0.407 e. The van der Waals surface area contributed by atoms with Gasteiger partial charge in [0.25, 0.3) is 0 Å². The molecule has 0 saturated heterocycles. The summed E-state index contributed by atoms with van der Waals surface area (Å²) in [4.78, 5) is 23.1. The summed E-state index contributed by atoms with van der Waals surface area (Å²) in [6.07, 6.45) is 12.5. The number of unbranched alkanes of at least 4 members (excludes halogenated alkanes) is 2. The number of carbonyl (C=O) groups excluding carboxylic acids is 2. The van der Waals surface area contributed by atoms with Crippen molar-refractivity contribution >= 4 is 11.9 Å². The lowest BCUT2D eigenvalue weighted by Gasteiger charge is -2.19. The van der Waals surface area contributed by atoms with Crippen LogP contribution < -0.4 is 5.32 Å². The standard InChI is InChI=1S/C18H31NO3/c1-5-6-7-8-9-10-11-13-16(20)14-12-15-19-17(21)22-18(2,3)4/h5-8H,9-15H2,1-4H3,(H,19,21)/b6-5+,8-7+. The first kappa shape index (κ1) is 20.4. The molecule has 0 rings (SSSR count). The Morgan fingerprint density at radius 2 is 1.73 bits per heavy atom. The van der Waals surface area contributed by atoms with Gasteiger partial charge < -0.3 is 10.1 Å². The Hall–Kier alpha value is -1.58. The third-order valence-electron chi connectivity index (χ3n) is 2.82. The quantitative estimate of drug-likeness (QED) is 0.475. The number of nitrogens with one attached hydrogen (secondary N) is 1. The maximum atomic E-state index is 11.7. The first-order valence-electron chi connectivity index (χ1n) is 8.11. The molecule has 0 heterocycles. The number of hydrogen-bond acceptors (Lipinski definition) is 3. The van der Waals surface area contributed by atoms with Crippen molar-refractivity contribution in [1.82, 2.24) is 5.32 Å². The van der Waals surface area contributed by atoms with Crippen LogP contribution in [-0.2, 0) is 9.53 Å². The molecule has 4 nitrogen and oxygen atoms in total. The molecule has 126 valence electrons. The van der Waals surface area contributed by atoms with Crippen LogP contribution in [0.15, 0.2) is 24.3 Å². The number of ether oxygens (including phenoxy) is 1. The first-order valence-corrected chi connectivity index (χ1v) is 8.11. The molecule has 0 atom stereocenters. The van der Waals surface area contributed by atoms with Crippen LogP contribution >= 0.6 is 0 Å². The second kappa shape index (κ2) is 12.0. The van der Waals surface area contributed by atoms with Gasteiger partial charge in [0, 0.05) is 19.4 Å². The molecule has 0 fully saturated rings. The average Bonchev–Trinajstić information content (AvgIpc) is 2.41. The topological polar surface area (TPSA) is 55.4 Å². The van der Waals surface area contributed by atoms with E-state index in [1.54, 1.807) is 0 Å². The molecule has 0 unspecified atom stereocenters. The normalized spacial score (nSPS) is 12.0. The number of allylic oxidation sites excluding steroid dienone is 4. The molecule has 4 heteroatoms. The van der Waals surface area contributed by atoms with E-state index < -0.39 is 11.7 Å². The Balaban J connectivity index is 3.52. The molecule has 1 amide bonds. The van der Waals surface area contributed by atoms with Crippen molar-refractivity contribution in [2.45, 2.75) is 71.8 Å². The predicted molar refractivity (Wildman–Crippen MR) is 90.9 cm³/mol. The van der Waals surface area contributed by atoms with Crippen LogP contribution in [0.1, 0.15) is 66.2 Å². The molecule has 0 bridgehead atoms. The van der Waals surface area contributed by atoms with E-state index in [0.29, 0.717) is 25.8 Å². The van der Waals surface area contributed by atoms with Crippen molar-refractivity contribution in [1.29, 1.82) is 0 Å². The molecular formula is C18H31NO3. The zero-order valence-electron chi connectivity index (χ0n) is 14.5. The summed E-state index contributed by atoms with van der Waals surface area (Å²) in [5.74, 6) is 0.267. The van der Waals surface area contributed by atoms with Gasteiger partial charge in [-0.05, 0) is 53.4 Å². The van der Waals surface area contributed by atoms with Gasteiger partial charge >= 0.3 is 6.09 Å². The number of rotatable bonds is 10. The van der Waals surface area contributed by atoms with Crippen LogP contribution in [0.25, 0.3) is 0 Å². The van der Waals surface area contributed by atoms with Crippen LogP contribution in [0.2, 0.25) is 0 Å². The molecule has 1 N–H and O–H groups in total. The van der Waals surface area contributed by atoms with E-state index in [0.717, 1.165) is 19.3 Å². The van der Waals surface area contributed by atoms with Crippen LogP contribution in [0.5, 0.6) is 0 Å². The molecule has 0 radical (unpaired) electrons. The highest BCUT2D eigenvalue weighted by Gasteiger charge is 2.15. The third kappa shape index (κ3) is 14.8. The Bertz CT molecular complexity index is 378. The predicted octanol–water partition coefficient (Wildman–Crippen LogP) is 4.55. The fourth-order valence-corrected chi connectivity index (χ4v) is 1.79. The van der Waals surface area contributed by atoms with E-state index in [1.165, 1.54) is 0 Å². The highest BCUT2D eigenvalue weighted by atomic mass is 16.6. The molecule has 0 aromatic heterocycles. The lowest BCUT2D eigenvalue weighted by Crippen LogP contribution is -2.33. The van der Waals surface area contributed by atoms with E-state index >= 15 is 0 Å². The Morgan fingerprint density at radius 3 is 2.36 bits per heavy atom. The minimum absolute atomic E-state index is 0.267. The van der Waals surface area contributed by atoms with Gasteiger partial charge in [0.1, 0.15) is 11.4 Å². The molecule has 0 saturated carbocycles. The molecular weight excluding hydrogens is 278 g/mol. The smallest absolute Gasteiger partial charge is 0.407 e.